The molecule has 0 saturated heterocycles. The maximum atomic E-state index is 12.8. The Bertz CT molecular complexity index is 1230. The van der Waals surface area contributed by atoms with Gasteiger partial charge in [-0.25, -0.2) is 0 Å². The van der Waals surface area contributed by atoms with Crippen LogP contribution in [-0.2, 0) is 6.54 Å². The summed E-state index contributed by atoms with van der Waals surface area (Å²) in [6.07, 6.45) is 6.32. The van der Waals surface area contributed by atoms with Crippen molar-refractivity contribution in [2.24, 2.45) is 0 Å². The quantitative estimate of drug-likeness (QED) is 0.549. The third-order valence-electron chi connectivity index (χ3n) is 4.02. The molecule has 0 aliphatic heterocycles. The zero-order chi connectivity index (χ0) is 18.3. The third kappa shape index (κ3) is 3.49. The molecule has 6 nitrogen and oxygen atoms in total. The molecule has 27 heavy (non-hydrogen) atoms. The fourth-order valence-corrected chi connectivity index (χ4v) is 3.63. The summed E-state index contributed by atoms with van der Waals surface area (Å²) in [5.74, 6) is -0.568. The minimum Gasteiger partial charge on any atom is -0.503 e. The van der Waals surface area contributed by atoms with Crippen molar-refractivity contribution in [3.8, 4) is 16.2 Å². The largest absolute Gasteiger partial charge is 0.503 e. The second-order valence-corrected chi connectivity index (χ2v) is 7.03. The summed E-state index contributed by atoms with van der Waals surface area (Å²) in [5, 5.41) is 10.9. The molecule has 0 spiro atoms. The van der Waals surface area contributed by atoms with E-state index in [-0.39, 0.29) is 24.5 Å². The first kappa shape index (κ1) is 19.2. The van der Waals surface area contributed by atoms with Crippen LogP contribution in [0.3, 0.4) is 0 Å². The molecule has 1 N–H and O–H groups in total. The highest BCUT2D eigenvalue weighted by molar-refractivity contribution is 7.13. The van der Waals surface area contributed by atoms with Crippen LogP contribution < -0.4 is 11.0 Å². The van der Waals surface area contributed by atoms with E-state index >= 15 is 0 Å². The van der Waals surface area contributed by atoms with Gasteiger partial charge in [0.05, 0.1) is 22.5 Å². The van der Waals surface area contributed by atoms with Gasteiger partial charge in [-0.3, -0.25) is 14.6 Å². The summed E-state index contributed by atoms with van der Waals surface area (Å²) in [4.78, 5) is 29.9. The average Bonchev–Trinajstić information content (AvgIpc) is 3.14. The molecule has 3 heterocycles. The maximum Gasteiger partial charge on any atom is 0.279 e. The molecule has 4 rings (SSSR count). The number of aromatic nitrogens is 3. The van der Waals surface area contributed by atoms with Crippen LogP contribution in [0.5, 0.6) is 5.75 Å². The van der Waals surface area contributed by atoms with Crippen molar-refractivity contribution in [1.29, 1.82) is 0 Å². The van der Waals surface area contributed by atoms with Gasteiger partial charge in [-0.2, -0.15) is 0 Å². The Morgan fingerprint density at radius 3 is 2.74 bits per heavy atom. The molecule has 0 aliphatic carbocycles. The van der Waals surface area contributed by atoms with Crippen molar-refractivity contribution < 1.29 is 5.11 Å². The van der Waals surface area contributed by atoms with Gasteiger partial charge in [0.25, 0.3) is 5.56 Å². The smallest absolute Gasteiger partial charge is 0.279 e. The number of hydrogen-bond acceptors (Lipinski definition) is 5. The highest BCUT2D eigenvalue weighted by Crippen LogP contribution is 2.23. The van der Waals surface area contributed by atoms with E-state index < -0.39 is 16.7 Å². The lowest BCUT2D eigenvalue weighted by Crippen LogP contribution is -2.24. The van der Waals surface area contributed by atoms with Crippen LogP contribution in [0.1, 0.15) is 5.56 Å². The molecule has 0 aliphatic rings. The number of thiazole rings is 1. The first-order chi connectivity index (χ1) is 12.5. The number of rotatable bonds is 3. The van der Waals surface area contributed by atoms with Gasteiger partial charge in [0.1, 0.15) is 0 Å². The predicted octanol–water partition coefficient (Wildman–Crippen LogP) is 3.41. The highest BCUT2D eigenvalue weighted by Gasteiger charge is 2.16. The topological polar surface area (TPSA) is 76.6 Å². The standard InChI is InChI=1S/C18H12ClN3O3S.ClH/c19-12-3-1-2-11(6-12)8-22-5-4-21-9-13(14-7-20-10-26-14)16(23)17(24)15(21)18(22)25;/h1-7,9-10,24H,8H2;1H. The SMILES string of the molecule is Cl.O=c1c(-c2cncs2)cn2ccn(Cc3cccc(Cl)c3)c(=O)c2c1O. The lowest BCUT2D eigenvalue weighted by Gasteiger charge is -2.10. The minimum atomic E-state index is -0.591. The van der Waals surface area contributed by atoms with Crippen molar-refractivity contribution in [3.63, 3.8) is 0 Å². The Balaban J connectivity index is 0.00000210. The molecule has 0 atom stereocenters. The molecule has 0 unspecified atom stereocenters. The van der Waals surface area contributed by atoms with Crippen LogP contribution >= 0.6 is 35.3 Å². The lowest BCUT2D eigenvalue weighted by atomic mass is 10.2. The Kier molecular flexibility index (Phi) is 5.36. The number of hydrogen-bond donors (Lipinski definition) is 1. The van der Waals surface area contributed by atoms with Crippen molar-refractivity contribution >= 4 is 40.9 Å². The number of aromatic hydroxyl groups is 1. The monoisotopic (exact) mass is 421 g/mol. The van der Waals surface area contributed by atoms with E-state index in [1.165, 1.54) is 26.5 Å². The maximum absolute atomic E-state index is 12.8. The number of pyridine rings is 1. The molecular weight excluding hydrogens is 409 g/mol. The zero-order valence-electron chi connectivity index (χ0n) is 13.7. The Morgan fingerprint density at radius 2 is 2.04 bits per heavy atom. The van der Waals surface area contributed by atoms with Gasteiger partial charge in [0.15, 0.2) is 11.3 Å². The molecular formula is C18H13Cl2N3O3S. The van der Waals surface area contributed by atoms with Gasteiger partial charge >= 0.3 is 0 Å². The fourth-order valence-electron chi connectivity index (χ4n) is 2.79. The van der Waals surface area contributed by atoms with Crippen LogP contribution in [0.4, 0.5) is 0 Å². The zero-order valence-corrected chi connectivity index (χ0v) is 16.1. The molecule has 138 valence electrons. The molecule has 0 amide bonds. The van der Waals surface area contributed by atoms with Crippen LogP contribution in [0, 0.1) is 0 Å². The highest BCUT2D eigenvalue weighted by atomic mass is 35.5. The summed E-state index contributed by atoms with van der Waals surface area (Å²) in [7, 11) is 0. The summed E-state index contributed by atoms with van der Waals surface area (Å²) in [5.41, 5.74) is 1.63. The van der Waals surface area contributed by atoms with Crippen LogP contribution in [-0.4, -0.2) is 19.1 Å². The van der Waals surface area contributed by atoms with Gasteiger partial charge in [0.2, 0.25) is 5.43 Å². The van der Waals surface area contributed by atoms with Crippen molar-refractivity contribution in [1.82, 2.24) is 14.0 Å². The molecule has 4 aromatic rings. The Labute approximate surface area is 168 Å². The summed E-state index contributed by atoms with van der Waals surface area (Å²) >= 11 is 7.27. The molecule has 3 aromatic heterocycles. The van der Waals surface area contributed by atoms with Gasteiger partial charge in [-0.05, 0) is 17.7 Å². The van der Waals surface area contributed by atoms with E-state index in [4.69, 9.17) is 11.6 Å². The Hall–Kier alpha value is -2.61. The van der Waals surface area contributed by atoms with Crippen molar-refractivity contribution in [2.45, 2.75) is 6.54 Å². The molecule has 9 heteroatoms. The van der Waals surface area contributed by atoms with Gasteiger partial charge in [0, 0.05) is 29.8 Å². The molecule has 0 fully saturated rings. The fraction of sp³-hybridized carbons (Fsp3) is 0.0556. The van der Waals surface area contributed by atoms with Gasteiger partial charge < -0.3 is 14.1 Å². The van der Waals surface area contributed by atoms with Gasteiger partial charge in [-0.15, -0.1) is 23.7 Å². The summed E-state index contributed by atoms with van der Waals surface area (Å²) in [6.45, 7) is 0.278. The number of nitrogens with zero attached hydrogens (tertiary/aromatic N) is 3. The first-order valence-electron chi connectivity index (χ1n) is 7.65. The molecule has 0 radical (unpaired) electrons. The van der Waals surface area contributed by atoms with Crippen LogP contribution in [0.25, 0.3) is 16.0 Å². The van der Waals surface area contributed by atoms with Crippen LogP contribution in [0.15, 0.2) is 64.2 Å². The van der Waals surface area contributed by atoms with E-state index in [1.54, 1.807) is 42.3 Å². The number of benzene rings is 1. The number of fused-ring (bicyclic) bond motifs is 1. The van der Waals surface area contributed by atoms with Crippen LogP contribution in [0.2, 0.25) is 5.02 Å². The van der Waals surface area contributed by atoms with E-state index in [9.17, 15) is 14.7 Å². The normalized spacial score (nSPS) is 10.7. The van der Waals surface area contributed by atoms with Gasteiger partial charge in [-0.1, -0.05) is 23.7 Å². The predicted molar refractivity (Wildman–Crippen MR) is 109 cm³/mol. The van der Waals surface area contributed by atoms with E-state index in [0.717, 1.165) is 5.56 Å². The second kappa shape index (κ2) is 7.56. The van der Waals surface area contributed by atoms with Crippen molar-refractivity contribution in [3.05, 3.63) is 85.7 Å². The first-order valence-corrected chi connectivity index (χ1v) is 8.91. The average molecular weight is 422 g/mol. The van der Waals surface area contributed by atoms with E-state index in [2.05, 4.69) is 4.98 Å². The summed E-state index contributed by atoms with van der Waals surface area (Å²) < 4.78 is 2.88. The lowest BCUT2D eigenvalue weighted by molar-refractivity contribution is 0.472. The minimum absolute atomic E-state index is 0. The third-order valence-corrected chi connectivity index (χ3v) is 5.06. The van der Waals surface area contributed by atoms with Crippen molar-refractivity contribution in [2.75, 3.05) is 0 Å². The molecule has 1 aromatic carbocycles. The molecule has 0 saturated carbocycles. The molecule has 0 bridgehead atoms. The van der Waals surface area contributed by atoms with E-state index in [1.807, 2.05) is 6.07 Å². The second-order valence-electron chi connectivity index (χ2n) is 5.70. The van der Waals surface area contributed by atoms with E-state index in [0.29, 0.717) is 15.5 Å². The number of halogens is 2. The Morgan fingerprint density at radius 1 is 1.22 bits per heavy atom. The summed E-state index contributed by atoms with van der Waals surface area (Å²) in [6, 6.07) is 7.16.